The number of hydrogen-bond donors (Lipinski definition) is 3. The molecule has 0 bridgehead atoms. The maximum atomic E-state index is 13.9. The Morgan fingerprint density at radius 3 is 2.45 bits per heavy atom. The van der Waals surface area contributed by atoms with Crippen molar-refractivity contribution < 1.29 is 14.4 Å². The van der Waals surface area contributed by atoms with Gasteiger partial charge in [-0.2, -0.15) is 0 Å². The molecule has 0 unspecified atom stereocenters. The Hall–Kier alpha value is -3.14. The molecule has 40 heavy (non-hydrogen) atoms. The van der Waals surface area contributed by atoms with Gasteiger partial charge in [0.05, 0.1) is 22.3 Å². The summed E-state index contributed by atoms with van der Waals surface area (Å²) in [6.45, 7) is 1.17. The molecule has 2 aromatic carbocycles. The van der Waals surface area contributed by atoms with Crippen LogP contribution >= 0.6 is 11.3 Å². The number of nitrogens with one attached hydrogen (secondary N) is 2. The number of carbonyl (C=O) groups is 3. The van der Waals surface area contributed by atoms with Gasteiger partial charge in [0.15, 0.2) is 5.01 Å². The minimum atomic E-state index is -0.672. The number of nitrogens with zero attached hydrogens (tertiary/aromatic N) is 2. The van der Waals surface area contributed by atoms with Gasteiger partial charge in [-0.3, -0.25) is 14.4 Å². The van der Waals surface area contributed by atoms with Gasteiger partial charge in [0.1, 0.15) is 6.04 Å². The molecule has 9 heteroatoms. The summed E-state index contributed by atoms with van der Waals surface area (Å²) < 4.78 is 0.951. The lowest BCUT2D eigenvalue weighted by Crippen LogP contribution is -2.56. The van der Waals surface area contributed by atoms with Crippen molar-refractivity contribution >= 4 is 39.2 Å². The number of likely N-dealkylation sites (N-methyl/N-ethyl adjacent to an activating group) is 1. The number of carbonyl (C=O) groups excluding carboxylic acids is 3. The number of nitrogens with two attached hydrogens (primary N) is 1. The van der Waals surface area contributed by atoms with Crippen molar-refractivity contribution in [3.63, 3.8) is 0 Å². The minimum absolute atomic E-state index is 0.0138. The van der Waals surface area contributed by atoms with Gasteiger partial charge in [0, 0.05) is 6.54 Å². The average Bonchev–Trinajstić information content (AvgIpc) is 3.66. The van der Waals surface area contributed by atoms with Gasteiger partial charge in [-0.1, -0.05) is 42.5 Å². The van der Waals surface area contributed by atoms with Gasteiger partial charge in [0.2, 0.25) is 17.6 Å². The summed E-state index contributed by atoms with van der Waals surface area (Å²) in [4.78, 5) is 47.6. The Morgan fingerprint density at radius 1 is 1.02 bits per heavy atom. The average molecular weight is 562 g/mol. The molecular formula is C31H39N5O3S. The Balaban J connectivity index is 1.34. The second-order valence-corrected chi connectivity index (χ2v) is 12.1. The fourth-order valence-corrected chi connectivity index (χ4v) is 7.13. The first-order chi connectivity index (χ1) is 19.5. The van der Waals surface area contributed by atoms with Gasteiger partial charge in [-0.15, -0.1) is 11.3 Å². The molecule has 1 saturated carbocycles. The molecular weight excluding hydrogens is 522 g/mol. The van der Waals surface area contributed by atoms with Crippen LogP contribution in [0.3, 0.4) is 0 Å². The summed E-state index contributed by atoms with van der Waals surface area (Å²) in [5.74, 6) is -0.00252. The third-order valence-electron chi connectivity index (χ3n) is 8.55. The van der Waals surface area contributed by atoms with Crippen LogP contribution in [0.5, 0.6) is 0 Å². The number of thiazole rings is 1. The van der Waals surface area contributed by atoms with Crippen molar-refractivity contribution in [3.8, 4) is 0 Å². The highest BCUT2D eigenvalue weighted by molar-refractivity contribution is 7.20. The number of rotatable bonds is 10. The predicted octanol–water partition coefficient (Wildman–Crippen LogP) is 3.55. The predicted molar refractivity (Wildman–Crippen MR) is 158 cm³/mol. The molecule has 0 radical (unpaired) electrons. The Labute approximate surface area is 239 Å². The molecule has 3 atom stereocenters. The maximum Gasteiger partial charge on any atom is 0.243 e. The monoisotopic (exact) mass is 561 g/mol. The number of para-hydroxylation sites is 1. The molecule has 2 fully saturated rings. The number of benzene rings is 2. The summed E-state index contributed by atoms with van der Waals surface area (Å²) in [6, 6.07) is 15.9. The second-order valence-electron chi connectivity index (χ2n) is 11.1. The number of hydrogen-bond acceptors (Lipinski definition) is 7. The Bertz CT molecular complexity index is 1290. The lowest BCUT2D eigenvalue weighted by molar-refractivity contribution is -0.140. The normalized spacial score (nSPS) is 22.6. The van der Waals surface area contributed by atoms with E-state index < -0.39 is 18.1 Å². The van der Waals surface area contributed by atoms with Gasteiger partial charge < -0.3 is 21.3 Å². The lowest BCUT2D eigenvalue weighted by Gasteiger charge is -2.34. The highest BCUT2D eigenvalue weighted by atomic mass is 32.1. The first kappa shape index (κ1) is 28.4. The van der Waals surface area contributed by atoms with E-state index in [1.165, 1.54) is 11.3 Å². The second kappa shape index (κ2) is 13.0. The van der Waals surface area contributed by atoms with Crippen molar-refractivity contribution in [2.24, 2.45) is 17.6 Å². The Morgan fingerprint density at radius 2 is 1.75 bits per heavy atom. The zero-order valence-corrected chi connectivity index (χ0v) is 23.9. The van der Waals surface area contributed by atoms with E-state index in [0.29, 0.717) is 36.9 Å². The molecule has 1 saturated heterocycles. The minimum Gasteiger partial charge on any atom is -0.344 e. The largest absolute Gasteiger partial charge is 0.344 e. The van der Waals surface area contributed by atoms with Crippen LogP contribution in [0.4, 0.5) is 0 Å². The molecule has 8 nitrogen and oxygen atoms in total. The van der Waals surface area contributed by atoms with Crippen LogP contribution in [0.15, 0.2) is 54.6 Å². The molecule has 1 aliphatic carbocycles. The van der Waals surface area contributed by atoms with E-state index in [4.69, 9.17) is 5.73 Å². The first-order valence-electron chi connectivity index (χ1n) is 14.4. The lowest BCUT2D eigenvalue weighted by atomic mass is 9.77. The van der Waals surface area contributed by atoms with Crippen molar-refractivity contribution in [2.45, 2.75) is 63.1 Å². The zero-order chi connectivity index (χ0) is 28.1. The van der Waals surface area contributed by atoms with E-state index in [1.54, 1.807) is 11.9 Å². The van der Waals surface area contributed by atoms with Crippen molar-refractivity contribution in [1.82, 2.24) is 20.5 Å². The van der Waals surface area contributed by atoms with Crippen LogP contribution < -0.4 is 16.4 Å². The quantitative estimate of drug-likeness (QED) is 0.326. The molecule has 3 aromatic rings. The highest BCUT2D eigenvalue weighted by Crippen LogP contribution is 2.33. The van der Waals surface area contributed by atoms with E-state index in [1.807, 2.05) is 54.6 Å². The summed E-state index contributed by atoms with van der Waals surface area (Å²) in [5.41, 5.74) is 7.77. The molecule has 1 aromatic heterocycles. The molecule has 2 heterocycles. The number of fused-ring (bicyclic) bond motifs is 1. The molecule has 2 amide bonds. The molecule has 0 spiro atoms. The number of amides is 2. The van der Waals surface area contributed by atoms with Crippen LogP contribution in [-0.4, -0.2) is 65.7 Å². The van der Waals surface area contributed by atoms with Crippen LogP contribution in [0.2, 0.25) is 0 Å². The summed E-state index contributed by atoms with van der Waals surface area (Å²) >= 11 is 1.37. The number of likely N-dealkylation sites (tertiary alicyclic amines) is 1. The van der Waals surface area contributed by atoms with Gasteiger partial charge >= 0.3 is 0 Å². The van der Waals surface area contributed by atoms with Gasteiger partial charge in [-0.25, -0.2) is 4.98 Å². The van der Waals surface area contributed by atoms with E-state index >= 15 is 0 Å². The summed E-state index contributed by atoms with van der Waals surface area (Å²) in [5, 5.41) is 6.70. The van der Waals surface area contributed by atoms with Crippen molar-refractivity contribution in [1.29, 1.82) is 0 Å². The molecule has 212 valence electrons. The van der Waals surface area contributed by atoms with E-state index in [2.05, 4.69) is 15.6 Å². The third kappa shape index (κ3) is 6.27. The van der Waals surface area contributed by atoms with Crippen molar-refractivity contribution in [3.05, 3.63) is 65.2 Å². The van der Waals surface area contributed by atoms with Gasteiger partial charge in [-0.05, 0) is 88.1 Å². The molecule has 2 aliphatic rings. The fourth-order valence-electron chi connectivity index (χ4n) is 6.18. The highest BCUT2D eigenvalue weighted by Gasteiger charge is 2.40. The standard InChI is InChI=1S/C31H39N5O3S/c1-33-24(18-20-8-3-2-4-9-20)31(39)36-17-7-11-25(36)29(38)35-27(22-15-13-21(19-32)14-16-22)28(37)30-34-23-10-5-6-12-26(23)40-30/h2-6,8-10,12,21-22,24-25,27,33H,7,11,13-19,32H2,1H3,(H,35,38)/t21?,22?,24-,25+,27-/m1/s1. The van der Waals surface area contributed by atoms with Crippen molar-refractivity contribution in [2.75, 3.05) is 20.1 Å². The zero-order valence-electron chi connectivity index (χ0n) is 23.1. The van der Waals surface area contributed by atoms with E-state index in [-0.39, 0.29) is 23.5 Å². The molecule has 5 rings (SSSR count). The Kier molecular flexibility index (Phi) is 9.24. The topological polar surface area (TPSA) is 117 Å². The number of Topliss-reactive ketones (excluding diaryl/α,β-unsaturated/α-hetero) is 1. The van der Waals surface area contributed by atoms with Crippen LogP contribution in [0, 0.1) is 11.8 Å². The summed E-state index contributed by atoms with van der Waals surface area (Å²) in [7, 11) is 1.78. The van der Waals surface area contributed by atoms with Crippen LogP contribution in [0.1, 0.15) is 53.9 Å². The third-order valence-corrected chi connectivity index (χ3v) is 9.60. The van der Waals surface area contributed by atoms with E-state index in [9.17, 15) is 14.4 Å². The number of ketones is 1. The maximum absolute atomic E-state index is 13.9. The first-order valence-corrected chi connectivity index (χ1v) is 15.2. The smallest absolute Gasteiger partial charge is 0.243 e. The summed E-state index contributed by atoms with van der Waals surface area (Å²) in [6.07, 6.45) is 5.43. The van der Waals surface area contributed by atoms with Gasteiger partial charge in [0.25, 0.3) is 0 Å². The van der Waals surface area contributed by atoms with Crippen LogP contribution in [-0.2, 0) is 16.0 Å². The molecule has 4 N–H and O–H groups in total. The number of aromatic nitrogens is 1. The van der Waals surface area contributed by atoms with Crippen LogP contribution in [0.25, 0.3) is 10.2 Å². The SMILES string of the molecule is CN[C@H](Cc1ccccc1)C(=O)N1CCC[C@H]1C(=O)N[C@@H](C(=O)c1nc2ccccc2s1)C1CCC(CN)CC1. The fraction of sp³-hybridized carbons (Fsp3) is 0.484. The molecule has 1 aliphatic heterocycles. The van der Waals surface area contributed by atoms with E-state index in [0.717, 1.165) is 47.9 Å².